The third-order valence-corrected chi connectivity index (χ3v) is 3.69. The number of hydrogen-bond donors (Lipinski definition) is 0. The van der Waals surface area contributed by atoms with Gasteiger partial charge in [0.2, 0.25) is 5.79 Å². The smallest absolute Gasteiger partial charge is 0.410 e. The number of hydrazine groups is 1. The predicted octanol–water partition coefficient (Wildman–Crippen LogP) is 2.39. The molecule has 6 nitrogen and oxygen atoms in total. The molecule has 1 fully saturated rings. The molecule has 2 aliphatic heterocycles. The molecule has 2 rings (SSSR count). The Bertz CT molecular complexity index is 488. The van der Waals surface area contributed by atoms with Gasteiger partial charge in [0.25, 0.3) is 0 Å². The Kier molecular flexibility index (Phi) is 4.47. The summed E-state index contributed by atoms with van der Waals surface area (Å²) in [7, 11) is 0. The van der Waals surface area contributed by atoms with Gasteiger partial charge in [0, 0.05) is 26.2 Å². The van der Waals surface area contributed by atoms with Crippen LogP contribution in [0.3, 0.4) is 0 Å². The number of alkyl halides is 1. The molecule has 0 spiro atoms. The van der Waals surface area contributed by atoms with Crippen molar-refractivity contribution in [2.75, 3.05) is 26.2 Å². The molecule has 0 aliphatic carbocycles. The van der Waals surface area contributed by atoms with E-state index in [0.717, 1.165) is 0 Å². The molecule has 124 valence electrons. The Balaban J connectivity index is 1.93. The van der Waals surface area contributed by atoms with Crippen LogP contribution < -0.4 is 0 Å². The number of amides is 1. The average Bonchev–Trinajstić information content (AvgIpc) is 2.71. The number of allylic oxidation sites excluding steroid dienone is 1. The third-order valence-electron chi connectivity index (χ3n) is 3.69. The van der Waals surface area contributed by atoms with E-state index in [4.69, 9.17) is 4.74 Å². The first-order valence-corrected chi connectivity index (χ1v) is 7.57. The molecule has 0 saturated carbocycles. The minimum Gasteiger partial charge on any atom is -0.444 e. The second kappa shape index (κ2) is 5.87. The number of aliphatic imine (C=N–C) groups is 1. The van der Waals surface area contributed by atoms with E-state index in [1.807, 2.05) is 25.8 Å². The fraction of sp³-hybridized carbons (Fsp3) is 0.733. The number of carbonyl (C=O) groups excluding carboxylic acids is 1. The van der Waals surface area contributed by atoms with E-state index in [0.29, 0.717) is 31.9 Å². The first-order chi connectivity index (χ1) is 10.1. The predicted molar refractivity (Wildman–Crippen MR) is 83.0 cm³/mol. The Morgan fingerprint density at radius 3 is 2.41 bits per heavy atom. The number of piperazine rings is 1. The fourth-order valence-electron chi connectivity index (χ4n) is 2.56. The molecule has 1 amide bonds. The lowest BCUT2D eigenvalue weighted by Gasteiger charge is -2.42. The highest BCUT2D eigenvalue weighted by Crippen LogP contribution is 2.32. The molecule has 0 radical (unpaired) electrons. The maximum Gasteiger partial charge on any atom is 0.410 e. The largest absolute Gasteiger partial charge is 0.444 e. The number of rotatable bonds is 1. The van der Waals surface area contributed by atoms with Crippen LogP contribution in [0.1, 0.15) is 34.6 Å². The molecular formula is C15H25FN4O2. The SMILES string of the molecule is C/C=C1/N=CN(N2CCN(C(=O)OC(C)(C)C)CC2)C1(C)F. The van der Waals surface area contributed by atoms with Crippen molar-refractivity contribution in [1.82, 2.24) is 14.9 Å². The van der Waals surface area contributed by atoms with E-state index in [-0.39, 0.29) is 6.09 Å². The summed E-state index contributed by atoms with van der Waals surface area (Å²) in [5, 5.41) is 3.38. The van der Waals surface area contributed by atoms with Gasteiger partial charge in [0.15, 0.2) is 0 Å². The van der Waals surface area contributed by atoms with Gasteiger partial charge in [-0.05, 0) is 34.6 Å². The summed E-state index contributed by atoms with van der Waals surface area (Å²) in [6, 6.07) is 0. The Labute approximate surface area is 131 Å². The third kappa shape index (κ3) is 3.40. The molecule has 0 aromatic carbocycles. The average molecular weight is 312 g/mol. The zero-order valence-corrected chi connectivity index (χ0v) is 14.0. The lowest BCUT2D eigenvalue weighted by atomic mass is 10.2. The van der Waals surface area contributed by atoms with Crippen molar-refractivity contribution in [2.45, 2.75) is 46.0 Å². The maximum absolute atomic E-state index is 14.8. The van der Waals surface area contributed by atoms with Crippen LogP contribution >= 0.6 is 0 Å². The van der Waals surface area contributed by atoms with Crippen LogP contribution in [-0.2, 0) is 4.74 Å². The number of halogens is 1. The summed E-state index contributed by atoms with van der Waals surface area (Å²) >= 11 is 0. The van der Waals surface area contributed by atoms with Crippen LogP contribution in [0.15, 0.2) is 16.8 Å². The fourth-order valence-corrected chi connectivity index (χ4v) is 2.56. The minimum absolute atomic E-state index is 0.320. The second-order valence-electron chi connectivity index (χ2n) is 6.64. The summed E-state index contributed by atoms with van der Waals surface area (Å²) < 4.78 is 20.1. The Hall–Kier alpha value is -1.63. The summed E-state index contributed by atoms with van der Waals surface area (Å²) in [5.74, 6) is -1.64. The molecule has 7 heteroatoms. The zero-order chi connectivity index (χ0) is 16.5. The molecule has 1 atom stereocenters. The Morgan fingerprint density at radius 1 is 1.36 bits per heavy atom. The monoisotopic (exact) mass is 312 g/mol. The van der Waals surface area contributed by atoms with Crippen LogP contribution in [0.2, 0.25) is 0 Å². The normalized spacial score (nSPS) is 28.5. The van der Waals surface area contributed by atoms with Crippen LogP contribution in [0, 0.1) is 0 Å². The standard InChI is InChI=1S/C15H25FN4O2/c1-6-12-15(5,16)20(11-17-12)19-9-7-18(8-10-19)13(21)22-14(2,3)4/h6,11H,7-10H2,1-5H3/b12-6+. The summed E-state index contributed by atoms with van der Waals surface area (Å²) in [6.45, 7) is 10.9. The van der Waals surface area contributed by atoms with Crippen molar-refractivity contribution in [3.05, 3.63) is 11.8 Å². The quantitative estimate of drug-likeness (QED) is 0.698. The highest BCUT2D eigenvalue weighted by molar-refractivity contribution is 5.68. The van der Waals surface area contributed by atoms with Crippen LogP contribution in [0.4, 0.5) is 9.18 Å². The van der Waals surface area contributed by atoms with Crippen molar-refractivity contribution < 1.29 is 13.9 Å². The van der Waals surface area contributed by atoms with E-state index in [9.17, 15) is 9.18 Å². The summed E-state index contributed by atoms with van der Waals surface area (Å²) in [4.78, 5) is 17.8. The van der Waals surface area contributed by atoms with Crippen molar-refractivity contribution >= 4 is 12.4 Å². The van der Waals surface area contributed by atoms with Crippen molar-refractivity contribution in [3.8, 4) is 0 Å². The number of hydrogen-bond acceptors (Lipinski definition) is 5. The van der Waals surface area contributed by atoms with E-state index < -0.39 is 11.4 Å². The highest BCUT2D eigenvalue weighted by atomic mass is 19.1. The van der Waals surface area contributed by atoms with E-state index in [2.05, 4.69) is 4.99 Å². The van der Waals surface area contributed by atoms with Gasteiger partial charge in [-0.1, -0.05) is 6.08 Å². The number of ether oxygens (including phenoxy) is 1. The molecule has 2 aliphatic rings. The van der Waals surface area contributed by atoms with Gasteiger partial charge in [-0.2, -0.15) is 0 Å². The lowest BCUT2D eigenvalue weighted by molar-refractivity contribution is -0.0939. The molecule has 0 aromatic heterocycles. The van der Waals surface area contributed by atoms with Crippen LogP contribution in [0.5, 0.6) is 0 Å². The molecule has 0 N–H and O–H groups in total. The van der Waals surface area contributed by atoms with E-state index >= 15 is 0 Å². The molecule has 1 saturated heterocycles. The Morgan fingerprint density at radius 2 is 1.95 bits per heavy atom. The number of carbonyl (C=O) groups is 1. The summed E-state index contributed by atoms with van der Waals surface area (Å²) in [5.41, 5.74) is -0.101. The van der Waals surface area contributed by atoms with Gasteiger partial charge in [-0.3, -0.25) is 5.01 Å². The van der Waals surface area contributed by atoms with Crippen molar-refractivity contribution in [1.29, 1.82) is 0 Å². The molecule has 1 unspecified atom stereocenters. The zero-order valence-electron chi connectivity index (χ0n) is 14.0. The highest BCUT2D eigenvalue weighted by Gasteiger charge is 2.42. The van der Waals surface area contributed by atoms with Crippen molar-refractivity contribution in [3.63, 3.8) is 0 Å². The van der Waals surface area contributed by atoms with Gasteiger partial charge < -0.3 is 9.64 Å². The van der Waals surface area contributed by atoms with E-state index in [1.54, 1.807) is 17.9 Å². The van der Waals surface area contributed by atoms with E-state index in [1.165, 1.54) is 18.3 Å². The van der Waals surface area contributed by atoms with Crippen LogP contribution in [0.25, 0.3) is 0 Å². The van der Waals surface area contributed by atoms with Gasteiger partial charge in [-0.15, -0.1) is 0 Å². The van der Waals surface area contributed by atoms with Gasteiger partial charge in [0.1, 0.15) is 11.9 Å². The van der Waals surface area contributed by atoms with Crippen LogP contribution in [-0.4, -0.2) is 64.9 Å². The molecular weight excluding hydrogens is 287 g/mol. The van der Waals surface area contributed by atoms with Gasteiger partial charge >= 0.3 is 6.09 Å². The first-order valence-electron chi connectivity index (χ1n) is 7.57. The lowest BCUT2D eigenvalue weighted by Crippen LogP contribution is -2.58. The topological polar surface area (TPSA) is 48.4 Å². The van der Waals surface area contributed by atoms with Crippen molar-refractivity contribution in [2.24, 2.45) is 4.99 Å². The molecule has 22 heavy (non-hydrogen) atoms. The summed E-state index contributed by atoms with van der Waals surface area (Å²) in [6.07, 6.45) is 2.87. The second-order valence-corrected chi connectivity index (χ2v) is 6.64. The molecule has 2 heterocycles. The molecule has 0 aromatic rings. The van der Waals surface area contributed by atoms with Gasteiger partial charge in [0.05, 0.1) is 5.70 Å². The first kappa shape index (κ1) is 16.7. The maximum atomic E-state index is 14.8. The van der Waals surface area contributed by atoms with Gasteiger partial charge in [-0.25, -0.2) is 19.2 Å². The number of nitrogens with zero attached hydrogens (tertiary/aromatic N) is 4. The minimum atomic E-state index is -1.64. The molecule has 0 bridgehead atoms.